The first-order chi connectivity index (χ1) is 8.83. The molecule has 0 aliphatic carbocycles. The highest BCUT2D eigenvalue weighted by Gasteiger charge is 2.02. The summed E-state index contributed by atoms with van der Waals surface area (Å²) in [6.45, 7) is 6.23. The predicted molar refractivity (Wildman–Crippen MR) is 74.1 cm³/mol. The van der Waals surface area contributed by atoms with Crippen LogP contribution in [0.4, 0.5) is 17.2 Å². The van der Waals surface area contributed by atoms with Crippen molar-refractivity contribution in [3.63, 3.8) is 0 Å². The molecular weight excluding hydrogens is 246 g/mol. The van der Waals surface area contributed by atoms with Gasteiger partial charge in [0, 0.05) is 18.8 Å². The van der Waals surface area contributed by atoms with Crippen LogP contribution in [0.25, 0.3) is 0 Å². The van der Waals surface area contributed by atoms with Gasteiger partial charge in [-0.3, -0.25) is 0 Å². The number of rotatable bonds is 5. The molecule has 2 rings (SSSR count). The third-order valence-corrected chi connectivity index (χ3v) is 3.07. The van der Waals surface area contributed by atoms with Crippen molar-refractivity contribution in [1.82, 2.24) is 9.59 Å². The quantitative estimate of drug-likeness (QED) is 0.769. The SMILES string of the molecule is CCN(CC)c1cccc(N=Nc2csnn2)c1. The molecule has 0 spiro atoms. The molecule has 0 saturated carbocycles. The number of hydrogen-bond donors (Lipinski definition) is 0. The largest absolute Gasteiger partial charge is 0.372 e. The topological polar surface area (TPSA) is 53.7 Å². The van der Waals surface area contributed by atoms with E-state index in [1.54, 1.807) is 5.38 Å². The number of benzene rings is 1. The van der Waals surface area contributed by atoms with E-state index in [4.69, 9.17) is 0 Å². The molecule has 0 radical (unpaired) electrons. The highest BCUT2D eigenvalue weighted by atomic mass is 32.1. The molecule has 0 amide bonds. The molecule has 0 N–H and O–H groups in total. The van der Waals surface area contributed by atoms with Crippen LogP contribution in [0, 0.1) is 0 Å². The summed E-state index contributed by atoms with van der Waals surface area (Å²) in [6.07, 6.45) is 0. The second-order valence-electron chi connectivity index (χ2n) is 3.66. The van der Waals surface area contributed by atoms with Gasteiger partial charge in [-0.05, 0) is 43.6 Å². The third kappa shape index (κ3) is 3.10. The lowest BCUT2D eigenvalue weighted by Gasteiger charge is -2.20. The summed E-state index contributed by atoms with van der Waals surface area (Å²) >= 11 is 1.27. The van der Waals surface area contributed by atoms with Crippen molar-refractivity contribution in [2.24, 2.45) is 10.2 Å². The van der Waals surface area contributed by atoms with Gasteiger partial charge in [-0.2, -0.15) is 0 Å². The van der Waals surface area contributed by atoms with Gasteiger partial charge in [-0.15, -0.1) is 15.3 Å². The van der Waals surface area contributed by atoms with Crippen molar-refractivity contribution in [1.29, 1.82) is 0 Å². The van der Waals surface area contributed by atoms with E-state index in [0.717, 1.165) is 24.5 Å². The van der Waals surface area contributed by atoms with Gasteiger partial charge in [-0.25, -0.2) is 0 Å². The molecule has 0 fully saturated rings. The Hall–Kier alpha value is -1.82. The van der Waals surface area contributed by atoms with E-state index >= 15 is 0 Å². The van der Waals surface area contributed by atoms with Crippen molar-refractivity contribution in [3.8, 4) is 0 Å². The maximum absolute atomic E-state index is 4.16. The van der Waals surface area contributed by atoms with Crippen molar-refractivity contribution in [2.45, 2.75) is 13.8 Å². The monoisotopic (exact) mass is 261 g/mol. The Bertz CT molecular complexity index is 505. The van der Waals surface area contributed by atoms with Crippen LogP contribution in [0.3, 0.4) is 0 Å². The summed E-state index contributed by atoms with van der Waals surface area (Å²) in [5.41, 5.74) is 1.99. The molecule has 1 aromatic heterocycles. The molecule has 0 unspecified atom stereocenters. The number of azo groups is 1. The summed E-state index contributed by atoms with van der Waals surface area (Å²) in [4.78, 5) is 2.27. The van der Waals surface area contributed by atoms with E-state index < -0.39 is 0 Å². The van der Waals surface area contributed by atoms with Gasteiger partial charge in [-0.1, -0.05) is 10.6 Å². The molecule has 1 aromatic carbocycles. The van der Waals surface area contributed by atoms with Crippen LogP contribution in [-0.2, 0) is 0 Å². The van der Waals surface area contributed by atoms with Crippen LogP contribution in [0.1, 0.15) is 13.8 Å². The molecule has 0 saturated heterocycles. The average molecular weight is 261 g/mol. The summed E-state index contributed by atoms with van der Waals surface area (Å²) < 4.78 is 3.74. The Morgan fingerprint density at radius 2 is 2.06 bits per heavy atom. The van der Waals surface area contributed by atoms with E-state index in [2.05, 4.69) is 44.6 Å². The number of hydrogen-bond acceptors (Lipinski definition) is 6. The fourth-order valence-electron chi connectivity index (χ4n) is 1.65. The second-order valence-corrected chi connectivity index (χ2v) is 4.27. The van der Waals surface area contributed by atoms with E-state index in [0.29, 0.717) is 5.82 Å². The van der Waals surface area contributed by atoms with Gasteiger partial charge >= 0.3 is 0 Å². The van der Waals surface area contributed by atoms with Gasteiger partial charge in [0.15, 0.2) is 0 Å². The zero-order valence-electron chi connectivity index (χ0n) is 10.4. The lowest BCUT2D eigenvalue weighted by atomic mass is 10.2. The molecule has 0 bridgehead atoms. The Morgan fingerprint density at radius 1 is 1.22 bits per heavy atom. The van der Waals surface area contributed by atoms with E-state index in [9.17, 15) is 0 Å². The fraction of sp³-hybridized carbons (Fsp3) is 0.333. The molecule has 18 heavy (non-hydrogen) atoms. The van der Waals surface area contributed by atoms with Gasteiger partial charge in [0.05, 0.1) is 11.1 Å². The summed E-state index contributed by atoms with van der Waals surface area (Å²) in [6, 6.07) is 8.02. The first-order valence-electron chi connectivity index (χ1n) is 5.87. The normalized spacial score (nSPS) is 11.0. The lowest BCUT2D eigenvalue weighted by molar-refractivity contribution is 0.866. The van der Waals surface area contributed by atoms with E-state index in [1.165, 1.54) is 11.5 Å². The van der Waals surface area contributed by atoms with E-state index in [-0.39, 0.29) is 0 Å². The number of anilines is 1. The molecule has 94 valence electrons. The van der Waals surface area contributed by atoms with Crippen LogP contribution in [0.5, 0.6) is 0 Å². The molecule has 2 aromatic rings. The maximum Gasteiger partial charge on any atom is 0.208 e. The Labute approximate surface area is 110 Å². The zero-order chi connectivity index (χ0) is 12.8. The maximum atomic E-state index is 4.16. The molecule has 1 heterocycles. The summed E-state index contributed by atoms with van der Waals surface area (Å²) in [5, 5.41) is 13.8. The van der Waals surface area contributed by atoms with Gasteiger partial charge in [0.1, 0.15) is 0 Å². The minimum atomic E-state index is 0.549. The van der Waals surface area contributed by atoms with Crippen LogP contribution >= 0.6 is 11.5 Å². The smallest absolute Gasteiger partial charge is 0.208 e. The Kier molecular flexibility index (Phi) is 4.35. The molecule has 6 heteroatoms. The molecular formula is C12H15N5S. The van der Waals surface area contributed by atoms with Crippen molar-refractivity contribution < 1.29 is 0 Å². The van der Waals surface area contributed by atoms with Crippen LogP contribution in [-0.4, -0.2) is 22.7 Å². The fourth-order valence-corrected chi connectivity index (χ4v) is 2.02. The van der Waals surface area contributed by atoms with Gasteiger partial charge in [0.2, 0.25) is 5.82 Å². The standard InChI is InChI=1S/C12H15N5S/c1-3-17(4-2)11-7-5-6-10(8-11)13-14-12-9-18-16-15-12/h5-9H,3-4H2,1-2H3. The highest BCUT2D eigenvalue weighted by molar-refractivity contribution is 7.03. The van der Waals surface area contributed by atoms with Crippen LogP contribution in [0.2, 0.25) is 0 Å². The van der Waals surface area contributed by atoms with Crippen LogP contribution in [0.15, 0.2) is 39.9 Å². The van der Waals surface area contributed by atoms with Crippen molar-refractivity contribution in [3.05, 3.63) is 29.6 Å². The average Bonchev–Trinajstić information content (AvgIpc) is 2.92. The molecule has 0 atom stereocenters. The van der Waals surface area contributed by atoms with E-state index in [1.807, 2.05) is 18.2 Å². The first-order valence-corrected chi connectivity index (χ1v) is 6.71. The van der Waals surface area contributed by atoms with Gasteiger partial charge < -0.3 is 4.90 Å². The first kappa shape index (κ1) is 12.6. The second kappa shape index (κ2) is 6.20. The highest BCUT2D eigenvalue weighted by Crippen LogP contribution is 2.23. The Morgan fingerprint density at radius 3 is 2.72 bits per heavy atom. The van der Waals surface area contributed by atoms with Crippen molar-refractivity contribution >= 4 is 28.7 Å². The predicted octanol–water partition coefficient (Wildman–Crippen LogP) is 3.80. The minimum absolute atomic E-state index is 0.549. The molecule has 0 aliphatic rings. The zero-order valence-corrected chi connectivity index (χ0v) is 11.3. The number of nitrogens with zero attached hydrogens (tertiary/aromatic N) is 5. The number of aromatic nitrogens is 2. The minimum Gasteiger partial charge on any atom is -0.372 e. The molecule has 5 nitrogen and oxygen atoms in total. The van der Waals surface area contributed by atoms with Crippen molar-refractivity contribution in [2.75, 3.05) is 18.0 Å². The van der Waals surface area contributed by atoms with Gasteiger partial charge in [0.25, 0.3) is 0 Å². The summed E-state index contributed by atoms with van der Waals surface area (Å²) in [5.74, 6) is 0.549. The Balaban J connectivity index is 2.17. The summed E-state index contributed by atoms with van der Waals surface area (Å²) in [7, 11) is 0. The third-order valence-electron chi connectivity index (χ3n) is 2.57. The molecule has 0 aliphatic heterocycles. The lowest BCUT2D eigenvalue weighted by Crippen LogP contribution is -2.21. The van der Waals surface area contributed by atoms with Crippen LogP contribution < -0.4 is 4.90 Å².